The molecule has 26 heavy (non-hydrogen) atoms. The van der Waals surface area contributed by atoms with E-state index in [4.69, 9.17) is 0 Å². The normalized spacial score (nSPS) is 11.8. The second-order valence-electron chi connectivity index (χ2n) is 6.09. The van der Waals surface area contributed by atoms with Crippen LogP contribution in [-0.2, 0) is 25.3 Å². The minimum atomic E-state index is -0.421. The fraction of sp³-hybridized carbons (Fsp3) is 0.158. The molecular formula is C19H17N5O2. The van der Waals surface area contributed by atoms with Gasteiger partial charge in [0, 0.05) is 19.5 Å². The van der Waals surface area contributed by atoms with Crippen LogP contribution in [0.15, 0.2) is 58.8 Å². The predicted molar refractivity (Wildman–Crippen MR) is 98.5 cm³/mol. The highest BCUT2D eigenvalue weighted by Crippen LogP contribution is 2.37. The van der Waals surface area contributed by atoms with Gasteiger partial charge in [0.25, 0.3) is 5.91 Å². The summed E-state index contributed by atoms with van der Waals surface area (Å²) in [6, 6.07) is 15.1. The molecule has 1 amide bonds. The Morgan fingerprint density at radius 1 is 1.04 bits per heavy atom. The predicted octanol–water partition coefficient (Wildman–Crippen LogP) is 3.62. The SMILES string of the molecule is Cn1c(CC(=O)N=Nc2c(O)n(C)c3ccccc23)nc2ccccc21. The average molecular weight is 347 g/mol. The number of hydrogen-bond donors (Lipinski definition) is 1. The highest BCUT2D eigenvalue weighted by molar-refractivity contribution is 5.95. The lowest BCUT2D eigenvalue weighted by Crippen LogP contribution is -2.05. The van der Waals surface area contributed by atoms with Crippen molar-refractivity contribution < 1.29 is 9.90 Å². The molecule has 0 spiro atoms. The van der Waals surface area contributed by atoms with Crippen LogP contribution in [0.25, 0.3) is 21.9 Å². The topological polar surface area (TPSA) is 84.8 Å². The second kappa shape index (κ2) is 6.11. The molecular weight excluding hydrogens is 330 g/mol. The van der Waals surface area contributed by atoms with Gasteiger partial charge in [-0.25, -0.2) is 4.98 Å². The maximum atomic E-state index is 12.3. The summed E-state index contributed by atoms with van der Waals surface area (Å²) in [5, 5.41) is 18.8. The van der Waals surface area contributed by atoms with E-state index in [0.717, 1.165) is 21.9 Å². The molecule has 0 aliphatic heterocycles. The number of aromatic hydroxyl groups is 1. The van der Waals surface area contributed by atoms with Gasteiger partial charge in [-0.3, -0.25) is 4.79 Å². The molecule has 2 heterocycles. The first-order valence-corrected chi connectivity index (χ1v) is 8.17. The third kappa shape index (κ3) is 2.54. The van der Waals surface area contributed by atoms with Crippen molar-refractivity contribution in [3.63, 3.8) is 0 Å². The molecule has 130 valence electrons. The Morgan fingerprint density at radius 3 is 2.50 bits per heavy atom. The summed E-state index contributed by atoms with van der Waals surface area (Å²) in [7, 11) is 3.60. The van der Waals surface area contributed by atoms with Gasteiger partial charge in [0.2, 0.25) is 5.88 Å². The third-order valence-electron chi connectivity index (χ3n) is 4.50. The van der Waals surface area contributed by atoms with Crippen molar-refractivity contribution in [2.45, 2.75) is 6.42 Å². The standard InChI is InChI=1S/C19H17N5O2/c1-23-15-10-6-4-8-13(15)20-16(23)11-17(25)21-22-18-12-7-3-5-9-14(12)24(2)19(18)26/h3-10,26H,11H2,1-2H3. The molecule has 0 radical (unpaired) electrons. The van der Waals surface area contributed by atoms with E-state index in [0.29, 0.717) is 11.5 Å². The van der Waals surface area contributed by atoms with Gasteiger partial charge in [-0.2, -0.15) is 0 Å². The molecule has 0 saturated heterocycles. The first-order valence-electron chi connectivity index (χ1n) is 8.17. The van der Waals surface area contributed by atoms with Crippen molar-refractivity contribution in [2.24, 2.45) is 24.3 Å². The smallest absolute Gasteiger partial charge is 0.272 e. The van der Waals surface area contributed by atoms with E-state index in [1.54, 1.807) is 11.6 Å². The zero-order valence-electron chi connectivity index (χ0n) is 14.4. The summed E-state index contributed by atoms with van der Waals surface area (Å²) in [6.07, 6.45) is 0.0419. The number of rotatable bonds is 3. The van der Waals surface area contributed by atoms with Crippen LogP contribution in [0.5, 0.6) is 5.88 Å². The van der Waals surface area contributed by atoms with Gasteiger partial charge in [-0.1, -0.05) is 30.3 Å². The highest BCUT2D eigenvalue weighted by atomic mass is 16.3. The fourth-order valence-corrected chi connectivity index (χ4v) is 3.09. The van der Waals surface area contributed by atoms with Crippen LogP contribution in [0.3, 0.4) is 0 Å². The molecule has 0 bridgehead atoms. The number of carbonyl (C=O) groups excluding carboxylic acids is 1. The van der Waals surface area contributed by atoms with Crippen molar-refractivity contribution in [1.29, 1.82) is 0 Å². The third-order valence-corrected chi connectivity index (χ3v) is 4.50. The fourth-order valence-electron chi connectivity index (χ4n) is 3.09. The number of carbonyl (C=O) groups is 1. The molecule has 2 aromatic heterocycles. The lowest BCUT2D eigenvalue weighted by atomic mass is 10.2. The van der Waals surface area contributed by atoms with Gasteiger partial charge >= 0.3 is 0 Å². The number of nitrogens with zero attached hydrogens (tertiary/aromatic N) is 5. The zero-order chi connectivity index (χ0) is 18.3. The van der Waals surface area contributed by atoms with Gasteiger partial charge in [0.1, 0.15) is 5.82 Å². The Hall–Kier alpha value is -3.48. The van der Waals surface area contributed by atoms with Crippen LogP contribution in [0.1, 0.15) is 5.82 Å². The van der Waals surface area contributed by atoms with E-state index in [-0.39, 0.29) is 12.3 Å². The minimum Gasteiger partial charge on any atom is -0.493 e. The molecule has 0 unspecified atom stereocenters. The molecule has 7 nitrogen and oxygen atoms in total. The van der Waals surface area contributed by atoms with E-state index in [2.05, 4.69) is 15.2 Å². The van der Waals surface area contributed by atoms with E-state index >= 15 is 0 Å². The van der Waals surface area contributed by atoms with Crippen LogP contribution in [0.4, 0.5) is 5.69 Å². The van der Waals surface area contributed by atoms with Gasteiger partial charge < -0.3 is 14.2 Å². The number of aryl methyl sites for hydroxylation is 2. The number of azo groups is 1. The number of aromatic nitrogens is 3. The molecule has 0 aliphatic carbocycles. The molecule has 4 aromatic rings. The molecule has 2 aromatic carbocycles. The summed E-state index contributed by atoms with van der Waals surface area (Å²) in [5.74, 6) is 0.179. The van der Waals surface area contributed by atoms with Crippen LogP contribution in [0, 0.1) is 0 Å². The number of hydrogen-bond acceptors (Lipinski definition) is 4. The maximum absolute atomic E-state index is 12.3. The molecule has 0 fully saturated rings. The number of imidazole rings is 1. The highest BCUT2D eigenvalue weighted by Gasteiger charge is 2.15. The summed E-state index contributed by atoms with van der Waals surface area (Å²) >= 11 is 0. The number of fused-ring (bicyclic) bond motifs is 2. The monoisotopic (exact) mass is 347 g/mol. The van der Waals surface area contributed by atoms with E-state index in [9.17, 15) is 9.90 Å². The van der Waals surface area contributed by atoms with E-state index in [1.165, 1.54) is 0 Å². The Labute approximate surface area is 149 Å². The Bertz CT molecular complexity index is 1170. The summed E-state index contributed by atoms with van der Waals surface area (Å²) in [5.41, 5.74) is 2.91. The van der Waals surface area contributed by atoms with Crippen LogP contribution < -0.4 is 0 Å². The van der Waals surface area contributed by atoms with Gasteiger partial charge in [-0.15, -0.1) is 10.2 Å². The van der Waals surface area contributed by atoms with Crippen molar-refractivity contribution in [3.05, 3.63) is 54.4 Å². The molecule has 7 heteroatoms. The summed E-state index contributed by atoms with van der Waals surface area (Å²) in [6.45, 7) is 0. The maximum Gasteiger partial charge on any atom is 0.272 e. The van der Waals surface area contributed by atoms with E-state index in [1.807, 2.05) is 60.1 Å². The molecule has 4 rings (SSSR count). The van der Waals surface area contributed by atoms with Gasteiger partial charge in [0.15, 0.2) is 5.69 Å². The van der Waals surface area contributed by atoms with Crippen molar-refractivity contribution in [3.8, 4) is 5.88 Å². The number of para-hydroxylation sites is 3. The lowest BCUT2D eigenvalue weighted by Gasteiger charge is -1.99. The van der Waals surface area contributed by atoms with Crippen LogP contribution >= 0.6 is 0 Å². The van der Waals surface area contributed by atoms with E-state index < -0.39 is 5.91 Å². The number of benzene rings is 2. The lowest BCUT2D eigenvalue weighted by molar-refractivity contribution is -0.117. The first kappa shape index (κ1) is 16.0. The molecule has 0 atom stereocenters. The Balaban J connectivity index is 1.62. The van der Waals surface area contributed by atoms with Crippen LogP contribution in [0.2, 0.25) is 0 Å². The van der Waals surface area contributed by atoms with Crippen molar-refractivity contribution >= 4 is 33.5 Å². The van der Waals surface area contributed by atoms with Gasteiger partial charge in [0.05, 0.1) is 23.0 Å². The Morgan fingerprint density at radius 2 is 1.73 bits per heavy atom. The molecule has 1 N–H and O–H groups in total. The first-order chi connectivity index (χ1) is 12.6. The number of amides is 1. The largest absolute Gasteiger partial charge is 0.493 e. The zero-order valence-corrected chi connectivity index (χ0v) is 14.4. The summed E-state index contributed by atoms with van der Waals surface area (Å²) < 4.78 is 3.48. The minimum absolute atomic E-state index is 0.0227. The molecule has 0 aliphatic rings. The van der Waals surface area contributed by atoms with Crippen LogP contribution in [-0.4, -0.2) is 25.1 Å². The average Bonchev–Trinajstić information content (AvgIpc) is 3.09. The van der Waals surface area contributed by atoms with Crippen molar-refractivity contribution in [1.82, 2.24) is 14.1 Å². The van der Waals surface area contributed by atoms with Crippen molar-refractivity contribution in [2.75, 3.05) is 0 Å². The molecule has 0 saturated carbocycles. The second-order valence-corrected chi connectivity index (χ2v) is 6.09. The Kier molecular flexibility index (Phi) is 3.76. The quantitative estimate of drug-likeness (QED) is 0.574. The van der Waals surface area contributed by atoms with Gasteiger partial charge in [-0.05, 0) is 18.2 Å². The summed E-state index contributed by atoms with van der Waals surface area (Å²) in [4.78, 5) is 16.7.